The largest absolute Gasteiger partial charge is 0.300 e. The molecule has 124 valence electrons. The van der Waals surface area contributed by atoms with E-state index >= 15 is 0 Å². The predicted molar refractivity (Wildman–Crippen MR) is 90.5 cm³/mol. The third kappa shape index (κ3) is 12.8. The lowest BCUT2D eigenvalue weighted by Crippen LogP contribution is -2.08. The van der Waals surface area contributed by atoms with Gasteiger partial charge < -0.3 is 0 Å². The topological polar surface area (TPSA) is 34.1 Å². The average Bonchev–Trinajstić information content (AvgIpc) is 2.42. The van der Waals surface area contributed by atoms with Crippen LogP contribution in [0.4, 0.5) is 0 Å². The quantitative estimate of drug-likeness (QED) is 0.410. The van der Waals surface area contributed by atoms with E-state index in [1.807, 2.05) is 0 Å². The number of carbonyl (C=O) groups excluding carboxylic acids is 2. The maximum absolute atomic E-state index is 11.7. The van der Waals surface area contributed by atoms with Crippen LogP contribution in [0.1, 0.15) is 98.3 Å². The van der Waals surface area contributed by atoms with E-state index in [9.17, 15) is 9.59 Å². The summed E-state index contributed by atoms with van der Waals surface area (Å²) in [6.07, 6.45) is 10.6. The first-order valence-electron chi connectivity index (χ1n) is 9.02. The Kier molecular flexibility index (Phi) is 12.6. The highest BCUT2D eigenvalue weighted by Gasteiger charge is 2.12. The third-order valence-electron chi connectivity index (χ3n) is 4.16. The van der Waals surface area contributed by atoms with Gasteiger partial charge in [0.25, 0.3) is 0 Å². The first kappa shape index (κ1) is 20.3. The molecule has 0 spiro atoms. The Hall–Kier alpha value is -0.660. The molecule has 0 aliphatic rings. The van der Waals surface area contributed by atoms with Crippen molar-refractivity contribution in [3.63, 3.8) is 0 Å². The number of carbonyl (C=O) groups is 2. The summed E-state index contributed by atoms with van der Waals surface area (Å²) in [7, 11) is 0. The molecule has 0 radical (unpaired) electrons. The molecule has 0 heterocycles. The molecule has 0 bridgehead atoms. The second-order valence-corrected chi connectivity index (χ2v) is 6.83. The number of rotatable bonds is 14. The van der Waals surface area contributed by atoms with Gasteiger partial charge in [0.1, 0.15) is 11.6 Å². The Morgan fingerprint density at radius 2 is 1.10 bits per heavy atom. The lowest BCUT2D eigenvalue weighted by Gasteiger charge is -2.13. The van der Waals surface area contributed by atoms with Crippen LogP contribution in [-0.4, -0.2) is 11.6 Å². The van der Waals surface area contributed by atoms with Crippen molar-refractivity contribution in [1.29, 1.82) is 0 Å². The van der Waals surface area contributed by atoms with Crippen LogP contribution < -0.4 is 0 Å². The van der Waals surface area contributed by atoms with Crippen molar-refractivity contribution >= 4 is 11.6 Å². The summed E-state index contributed by atoms with van der Waals surface area (Å²) < 4.78 is 0. The summed E-state index contributed by atoms with van der Waals surface area (Å²) in [4.78, 5) is 23.4. The zero-order chi connectivity index (χ0) is 16.1. The summed E-state index contributed by atoms with van der Waals surface area (Å²) in [5, 5.41) is 0. The molecule has 2 nitrogen and oxygen atoms in total. The van der Waals surface area contributed by atoms with Crippen LogP contribution in [0.2, 0.25) is 0 Å². The lowest BCUT2D eigenvalue weighted by molar-refractivity contribution is -0.120. The molecule has 0 saturated carbocycles. The van der Waals surface area contributed by atoms with E-state index in [1.54, 1.807) is 0 Å². The Morgan fingerprint density at radius 1 is 0.714 bits per heavy atom. The molecule has 0 aliphatic carbocycles. The molecule has 0 saturated heterocycles. The van der Waals surface area contributed by atoms with Gasteiger partial charge in [-0.2, -0.15) is 0 Å². The van der Waals surface area contributed by atoms with Crippen LogP contribution in [0.25, 0.3) is 0 Å². The Labute approximate surface area is 132 Å². The van der Waals surface area contributed by atoms with Crippen molar-refractivity contribution in [1.82, 2.24) is 0 Å². The number of hydrogen-bond acceptors (Lipinski definition) is 2. The van der Waals surface area contributed by atoms with E-state index in [0.717, 1.165) is 70.6 Å². The molecule has 0 amide bonds. The van der Waals surface area contributed by atoms with E-state index in [1.165, 1.54) is 0 Å². The minimum atomic E-state index is 0.423. The van der Waals surface area contributed by atoms with Gasteiger partial charge in [-0.15, -0.1) is 0 Å². The molecule has 2 heteroatoms. The van der Waals surface area contributed by atoms with E-state index in [4.69, 9.17) is 0 Å². The summed E-state index contributed by atoms with van der Waals surface area (Å²) >= 11 is 0. The van der Waals surface area contributed by atoms with Crippen molar-refractivity contribution in [2.75, 3.05) is 0 Å². The van der Waals surface area contributed by atoms with Crippen molar-refractivity contribution in [3.05, 3.63) is 0 Å². The van der Waals surface area contributed by atoms with Gasteiger partial charge in [-0.3, -0.25) is 9.59 Å². The molecule has 0 aromatic heterocycles. The van der Waals surface area contributed by atoms with Gasteiger partial charge in [0.05, 0.1) is 0 Å². The highest BCUT2D eigenvalue weighted by Crippen LogP contribution is 2.19. The van der Waals surface area contributed by atoms with Crippen molar-refractivity contribution < 1.29 is 9.59 Å². The summed E-state index contributed by atoms with van der Waals surface area (Å²) in [6, 6.07) is 0. The fourth-order valence-corrected chi connectivity index (χ4v) is 2.75. The maximum Gasteiger partial charge on any atom is 0.133 e. The van der Waals surface area contributed by atoms with Gasteiger partial charge in [0.2, 0.25) is 0 Å². The highest BCUT2D eigenvalue weighted by atomic mass is 16.1. The van der Waals surface area contributed by atoms with Gasteiger partial charge >= 0.3 is 0 Å². The first-order valence-corrected chi connectivity index (χ1v) is 9.02. The fraction of sp³-hybridized carbons (Fsp3) is 0.895. The number of hydrogen-bond donors (Lipinski definition) is 0. The van der Waals surface area contributed by atoms with Gasteiger partial charge in [-0.25, -0.2) is 0 Å². The zero-order valence-electron chi connectivity index (χ0n) is 14.7. The lowest BCUT2D eigenvalue weighted by atomic mass is 9.91. The van der Waals surface area contributed by atoms with Crippen molar-refractivity contribution in [2.24, 2.45) is 11.8 Å². The van der Waals surface area contributed by atoms with Crippen LogP contribution in [0.15, 0.2) is 0 Å². The maximum atomic E-state index is 11.7. The SMILES string of the molecule is CCCCC(=O)CC(C)CCCC(C)CC(=O)CCCC. The smallest absolute Gasteiger partial charge is 0.133 e. The highest BCUT2D eigenvalue weighted by molar-refractivity contribution is 5.78. The second kappa shape index (κ2) is 13.0. The predicted octanol–water partition coefficient (Wildman–Crippen LogP) is 5.73. The van der Waals surface area contributed by atoms with E-state index in [0.29, 0.717) is 23.4 Å². The van der Waals surface area contributed by atoms with Gasteiger partial charge in [0.15, 0.2) is 0 Å². The van der Waals surface area contributed by atoms with Gasteiger partial charge in [-0.1, -0.05) is 59.8 Å². The molecule has 0 rings (SSSR count). The van der Waals surface area contributed by atoms with Crippen molar-refractivity contribution in [3.8, 4) is 0 Å². The van der Waals surface area contributed by atoms with Crippen LogP contribution in [-0.2, 0) is 9.59 Å². The molecule has 21 heavy (non-hydrogen) atoms. The molecule has 2 unspecified atom stereocenters. The molecular formula is C19H36O2. The number of unbranched alkanes of at least 4 members (excludes halogenated alkanes) is 2. The monoisotopic (exact) mass is 296 g/mol. The van der Waals surface area contributed by atoms with Gasteiger partial charge in [0, 0.05) is 25.7 Å². The molecule has 0 aromatic rings. The first-order chi connectivity index (χ1) is 9.99. The number of Topliss-reactive ketones (excluding diaryl/α,β-unsaturated/α-hetero) is 2. The van der Waals surface area contributed by atoms with Crippen molar-refractivity contribution in [2.45, 2.75) is 98.3 Å². The zero-order valence-corrected chi connectivity index (χ0v) is 14.7. The van der Waals surface area contributed by atoms with E-state index in [-0.39, 0.29) is 0 Å². The summed E-state index contributed by atoms with van der Waals surface area (Å²) in [5.41, 5.74) is 0. The molecular weight excluding hydrogens is 260 g/mol. The van der Waals surface area contributed by atoms with E-state index < -0.39 is 0 Å². The molecule has 2 atom stereocenters. The number of ketones is 2. The summed E-state index contributed by atoms with van der Waals surface area (Å²) in [6.45, 7) is 8.61. The minimum Gasteiger partial charge on any atom is -0.300 e. The standard InChI is InChI=1S/C19H36O2/c1-5-7-12-18(20)14-16(3)10-9-11-17(4)15-19(21)13-8-6-2/h16-17H,5-15H2,1-4H3. The minimum absolute atomic E-state index is 0.423. The van der Waals surface area contributed by atoms with E-state index in [2.05, 4.69) is 27.7 Å². The van der Waals surface area contributed by atoms with Crippen LogP contribution in [0.3, 0.4) is 0 Å². The fourth-order valence-electron chi connectivity index (χ4n) is 2.75. The van der Waals surface area contributed by atoms with Gasteiger partial charge in [-0.05, 0) is 24.7 Å². The van der Waals surface area contributed by atoms with Crippen LogP contribution in [0, 0.1) is 11.8 Å². The Bertz CT molecular complexity index is 255. The Morgan fingerprint density at radius 3 is 1.43 bits per heavy atom. The molecule has 0 N–H and O–H groups in total. The van der Waals surface area contributed by atoms with Crippen LogP contribution in [0.5, 0.6) is 0 Å². The molecule has 0 aromatic carbocycles. The second-order valence-electron chi connectivity index (χ2n) is 6.83. The molecule has 0 aliphatic heterocycles. The average molecular weight is 296 g/mol. The Balaban J connectivity index is 3.67. The third-order valence-corrected chi connectivity index (χ3v) is 4.16. The normalized spacial score (nSPS) is 13.9. The van der Waals surface area contributed by atoms with Crippen LogP contribution >= 0.6 is 0 Å². The molecule has 0 fully saturated rings. The summed E-state index contributed by atoms with van der Waals surface area (Å²) in [5.74, 6) is 1.84.